The van der Waals surface area contributed by atoms with E-state index in [-0.39, 0.29) is 5.91 Å². The Bertz CT molecular complexity index is 902. The van der Waals surface area contributed by atoms with Gasteiger partial charge in [-0.3, -0.25) is 9.48 Å². The molecule has 1 amide bonds. The Morgan fingerprint density at radius 3 is 2.45 bits per heavy atom. The number of esters is 1. The van der Waals surface area contributed by atoms with Crippen LogP contribution in [0.5, 0.6) is 0 Å². The van der Waals surface area contributed by atoms with Crippen molar-refractivity contribution in [3.8, 4) is 0 Å². The van der Waals surface area contributed by atoms with Gasteiger partial charge in [-0.15, -0.1) is 0 Å². The van der Waals surface area contributed by atoms with Crippen molar-refractivity contribution in [1.82, 2.24) is 14.7 Å². The largest absolute Gasteiger partial charge is 0.452 e. The SMILES string of the molecule is Cc1c(C(=O)OCC(=O)N2CCN(c3cccc(C(F)(F)F)c3)CC2)cnn1C. The summed E-state index contributed by atoms with van der Waals surface area (Å²) in [4.78, 5) is 27.7. The number of aromatic nitrogens is 2. The molecule has 10 heteroatoms. The first kappa shape index (κ1) is 20.7. The summed E-state index contributed by atoms with van der Waals surface area (Å²) in [5, 5.41) is 3.96. The fraction of sp³-hybridized carbons (Fsp3) is 0.421. The third kappa shape index (κ3) is 4.69. The van der Waals surface area contributed by atoms with E-state index in [2.05, 4.69) is 5.10 Å². The van der Waals surface area contributed by atoms with Crippen LogP contribution in [0.25, 0.3) is 0 Å². The van der Waals surface area contributed by atoms with Gasteiger partial charge in [0.2, 0.25) is 0 Å². The van der Waals surface area contributed by atoms with E-state index in [0.29, 0.717) is 43.1 Å². The molecule has 1 aliphatic heterocycles. The summed E-state index contributed by atoms with van der Waals surface area (Å²) in [6.45, 7) is 2.78. The van der Waals surface area contributed by atoms with Gasteiger partial charge in [0.25, 0.3) is 5.91 Å². The van der Waals surface area contributed by atoms with Gasteiger partial charge in [0.15, 0.2) is 6.61 Å². The van der Waals surface area contributed by atoms with E-state index in [1.165, 1.54) is 21.8 Å². The minimum Gasteiger partial charge on any atom is -0.452 e. The van der Waals surface area contributed by atoms with Crippen molar-refractivity contribution in [1.29, 1.82) is 0 Å². The molecule has 29 heavy (non-hydrogen) atoms. The lowest BCUT2D eigenvalue weighted by Gasteiger charge is -2.36. The number of hydrogen-bond acceptors (Lipinski definition) is 5. The second-order valence-electron chi connectivity index (χ2n) is 6.76. The van der Waals surface area contributed by atoms with E-state index in [4.69, 9.17) is 4.74 Å². The molecule has 0 unspecified atom stereocenters. The molecule has 0 saturated carbocycles. The number of carbonyl (C=O) groups excluding carboxylic acids is 2. The maximum Gasteiger partial charge on any atom is 0.416 e. The monoisotopic (exact) mass is 410 g/mol. The van der Waals surface area contributed by atoms with Gasteiger partial charge in [-0.05, 0) is 25.1 Å². The summed E-state index contributed by atoms with van der Waals surface area (Å²) in [7, 11) is 1.70. The first-order valence-corrected chi connectivity index (χ1v) is 9.02. The van der Waals surface area contributed by atoms with Crippen molar-refractivity contribution in [2.24, 2.45) is 7.05 Å². The molecule has 1 saturated heterocycles. The van der Waals surface area contributed by atoms with Crippen LogP contribution in [0.15, 0.2) is 30.5 Å². The molecule has 1 aromatic carbocycles. The molecule has 7 nitrogen and oxygen atoms in total. The van der Waals surface area contributed by atoms with Crippen molar-refractivity contribution >= 4 is 17.6 Å². The summed E-state index contributed by atoms with van der Waals surface area (Å²) < 4.78 is 45.3. The second-order valence-corrected chi connectivity index (χ2v) is 6.76. The number of halogens is 3. The van der Waals surface area contributed by atoms with Gasteiger partial charge in [-0.25, -0.2) is 4.79 Å². The Morgan fingerprint density at radius 1 is 1.17 bits per heavy atom. The summed E-state index contributed by atoms with van der Waals surface area (Å²) in [5.41, 5.74) is 0.698. The molecule has 156 valence electrons. The van der Waals surface area contributed by atoms with Gasteiger partial charge < -0.3 is 14.5 Å². The number of anilines is 1. The minimum atomic E-state index is -4.40. The van der Waals surface area contributed by atoms with Crippen molar-refractivity contribution in [3.05, 3.63) is 47.3 Å². The molecule has 1 aromatic heterocycles. The van der Waals surface area contributed by atoms with E-state index < -0.39 is 24.3 Å². The maximum atomic E-state index is 12.9. The van der Waals surface area contributed by atoms with Crippen LogP contribution in [0.1, 0.15) is 21.6 Å². The van der Waals surface area contributed by atoms with Crippen molar-refractivity contribution in [3.63, 3.8) is 0 Å². The lowest BCUT2D eigenvalue weighted by molar-refractivity contribution is -0.137. The number of ether oxygens (including phenoxy) is 1. The molecule has 2 heterocycles. The van der Waals surface area contributed by atoms with E-state index in [9.17, 15) is 22.8 Å². The van der Waals surface area contributed by atoms with Crippen molar-refractivity contribution in [2.75, 3.05) is 37.7 Å². The predicted molar refractivity (Wildman–Crippen MR) is 98.5 cm³/mol. The van der Waals surface area contributed by atoms with Crippen LogP contribution in [0.3, 0.4) is 0 Å². The number of carbonyl (C=O) groups is 2. The highest BCUT2D eigenvalue weighted by Gasteiger charge is 2.31. The van der Waals surface area contributed by atoms with Gasteiger partial charge in [0.05, 0.1) is 11.8 Å². The fourth-order valence-corrected chi connectivity index (χ4v) is 3.09. The molecule has 3 rings (SSSR count). The van der Waals surface area contributed by atoms with E-state index in [0.717, 1.165) is 12.1 Å². The summed E-state index contributed by atoms with van der Waals surface area (Å²) in [6.07, 6.45) is -3.01. The Labute approximate surface area is 165 Å². The number of rotatable bonds is 4. The first-order chi connectivity index (χ1) is 13.7. The van der Waals surface area contributed by atoms with Crippen LogP contribution in [-0.4, -0.2) is 59.3 Å². The van der Waals surface area contributed by atoms with Gasteiger partial charge in [0.1, 0.15) is 5.56 Å². The Kier molecular flexibility index (Phi) is 5.81. The molecule has 0 spiro atoms. The maximum absolute atomic E-state index is 12.9. The Morgan fingerprint density at radius 2 is 1.86 bits per heavy atom. The van der Waals surface area contributed by atoms with E-state index in [1.54, 1.807) is 24.9 Å². The minimum absolute atomic E-state index is 0.301. The lowest BCUT2D eigenvalue weighted by atomic mass is 10.1. The van der Waals surface area contributed by atoms with Crippen molar-refractivity contribution in [2.45, 2.75) is 13.1 Å². The van der Waals surface area contributed by atoms with Crippen LogP contribution in [0, 0.1) is 6.92 Å². The van der Waals surface area contributed by atoms with Gasteiger partial charge in [-0.2, -0.15) is 18.3 Å². The van der Waals surface area contributed by atoms with Crippen LogP contribution in [0.4, 0.5) is 18.9 Å². The number of benzene rings is 1. The zero-order chi connectivity index (χ0) is 21.2. The second kappa shape index (κ2) is 8.14. The molecule has 1 fully saturated rings. The van der Waals surface area contributed by atoms with Gasteiger partial charge >= 0.3 is 12.1 Å². The van der Waals surface area contributed by atoms with Crippen LogP contribution >= 0.6 is 0 Å². The van der Waals surface area contributed by atoms with Gasteiger partial charge in [-0.1, -0.05) is 6.07 Å². The average molecular weight is 410 g/mol. The van der Waals surface area contributed by atoms with Crippen LogP contribution in [-0.2, 0) is 22.8 Å². The van der Waals surface area contributed by atoms with Crippen LogP contribution < -0.4 is 4.90 Å². The number of alkyl halides is 3. The third-order valence-corrected chi connectivity index (χ3v) is 4.95. The fourth-order valence-electron chi connectivity index (χ4n) is 3.09. The molecule has 1 aliphatic rings. The highest BCUT2D eigenvalue weighted by molar-refractivity contribution is 5.92. The molecule has 0 atom stereocenters. The molecular weight excluding hydrogens is 389 g/mol. The normalized spacial score (nSPS) is 14.8. The number of nitrogens with zero attached hydrogens (tertiary/aromatic N) is 4. The summed E-state index contributed by atoms with van der Waals surface area (Å²) in [6, 6.07) is 5.12. The average Bonchev–Trinajstić information content (AvgIpc) is 3.04. The van der Waals surface area contributed by atoms with Gasteiger partial charge in [0, 0.05) is 44.6 Å². The van der Waals surface area contributed by atoms with E-state index >= 15 is 0 Å². The molecular formula is C19H21F3N4O3. The smallest absolute Gasteiger partial charge is 0.416 e. The topological polar surface area (TPSA) is 67.7 Å². The lowest BCUT2D eigenvalue weighted by Crippen LogP contribution is -2.50. The third-order valence-electron chi connectivity index (χ3n) is 4.95. The highest BCUT2D eigenvalue weighted by atomic mass is 19.4. The molecule has 0 aliphatic carbocycles. The predicted octanol–water partition coefficient (Wildman–Crippen LogP) is 2.25. The standard InChI is InChI=1S/C19H21F3N4O3/c1-13-16(11-23-24(13)2)18(28)29-12-17(27)26-8-6-25(7-9-26)15-5-3-4-14(10-15)19(20,21)22/h3-5,10-11H,6-9,12H2,1-2H3. The van der Waals surface area contributed by atoms with Crippen LogP contribution in [0.2, 0.25) is 0 Å². The Hall–Kier alpha value is -3.04. The number of piperazine rings is 1. The number of amides is 1. The molecule has 0 N–H and O–H groups in total. The zero-order valence-electron chi connectivity index (χ0n) is 16.1. The molecule has 0 radical (unpaired) electrons. The Balaban J connectivity index is 1.52. The zero-order valence-corrected chi connectivity index (χ0v) is 16.1. The van der Waals surface area contributed by atoms with E-state index in [1.807, 2.05) is 0 Å². The quantitative estimate of drug-likeness (QED) is 0.724. The summed E-state index contributed by atoms with van der Waals surface area (Å²) in [5.74, 6) is -0.963. The van der Waals surface area contributed by atoms with Crippen molar-refractivity contribution < 1.29 is 27.5 Å². The molecule has 2 aromatic rings. The first-order valence-electron chi connectivity index (χ1n) is 9.02. The summed E-state index contributed by atoms with van der Waals surface area (Å²) >= 11 is 0. The molecule has 0 bridgehead atoms. The number of aryl methyl sites for hydroxylation is 1. The highest BCUT2D eigenvalue weighted by Crippen LogP contribution is 2.31. The number of hydrogen-bond donors (Lipinski definition) is 0.